The number of rotatable bonds is 3. The molecule has 2 atom stereocenters. The summed E-state index contributed by atoms with van der Waals surface area (Å²) in [6.45, 7) is 3.44. The fourth-order valence-corrected chi connectivity index (χ4v) is 4.43. The number of aromatic carboxylic acids is 1. The number of nitrogen functional groups attached to an aromatic ring is 1. The number of carboxylic acid groups (broad SMARTS) is 1. The Bertz CT molecular complexity index is 1390. The number of halogens is 5. The van der Waals surface area contributed by atoms with Gasteiger partial charge < -0.3 is 25.0 Å². The Hall–Kier alpha value is -3.67. The van der Waals surface area contributed by atoms with Gasteiger partial charge in [-0.05, 0) is 26.0 Å². The van der Waals surface area contributed by atoms with Crippen molar-refractivity contribution in [2.75, 3.05) is 23.7 Å². The number of aromatic nitrogens is 1. The molecule has 1 aliphatic rings. The lowest BCUT2D eigenvalue weighted by atomic mass is 10.0. The Morgan fingerprint density at radius 3 is 2.29 bits per heavy atom. The first kappa shape index (κ1) is 24.5. The maximum Gasteiger partial charge on any atom is 0.418 e. The minimum atomic E-state index is -4.91. The van der Waals surface area contributed by atoms with Crippen LogP contribution >= 0.6 is 0 Å². The molecule has 3 aromatic rings. The number of fused-ring (bicyclic) bond motifs is 1. The number of carboxylic acids is 1. The fourth-order valence-electron chi connectivity index (χ4n) is 4.43. The van der Waals surface area contributed by atoms with Crippen LogP contribution in [0, 0.1) is 11.6 Å². The van der Waals surface area contributed by atoms with Crippen LogP contribution in [0.15, 0.2) is 35.3 Å². The summed E-state index contributed by atoms with van der Waals surface area (Å²) in [5, 5.41) is 8.62. The standard InChI is InChI=1S/C23H20F5N3O4/c1-10-7-30(8-11(2)35-10)20-16(24)18(29)15-19(17(20)25)31(9-12(21(15)32)22(33)34)14-6-4-3-5-13(14)23(26,27)28/h3-6,9-11H,7-8,29H2,1-2H3,(H,33,34). The molecule has 0 spiro atoms. The van der Waals surface area contributed by atoms with E-state index in [1.807, 2.05) is 0 Å². The number of nitrogens with zero attached hydrogens (tertiary/aromatic N) is 2. The van der Waals surface area contributed by atoms with Crippen molar-refractivity contribution in [2.24, 2.45) is 0 Å². The molecular weight excluding hydrogens is 477 g/mol. The molecule has 7 nitrogen and oxygen atoms in total. The van der Waals surface area contributed by atoms with E-state index in [9.17, 15) is 27.9 Å². The number of hydrogen-bond donors (Lipinski definition) is 2. The van der Waals surface area contributed by atoms with Crippen LogP contribution < -0.4 is 16.1 Å². The highest BCUT2D eigenvalue weighted by Crippen LogP contribution is 2.39. The molecule has 0 saturated carbocycles. The van der Waals surface area contributed by atoms with Crippen molar-refractivity contribution in [3.8, 4) is 5.69 Å². The summed E-state index contributed by atoms with van der Waals surface area (Å²) in [4.78, 5) is 25.9. The van der Waals surface area contributed by atoms with Crippen molar-refractivity contribution >= 4 is 28.2 Å². The second-order valence-electron chi connectivity index (χ2n) is 8.34. The Kier molecular flexibility index (Phi) is 5.95. The monoisotopic (exact) mass is 497 g/mol. The van der Waals surface area contributed by atoms with Gasteiger partial charge in [0.25, 0.3) is 0 Å². The zero-order chi connectivity index (χ0) is 25.8. The Morgan fingerprint density at radius 1 is 1.11 bits per heavy atom. The third-order valence-electron chi connectivity index (χ3n) is 5.77. The number of para-hydroxylation sites is 1. The number of morpholine rings is 1. The second-order valence-corrected chi connectivity index (χ2v) is 8.34. The van der Waals surface area contributed by atoms with E-state index in [2.05, 4.69) is 0 Å². The molecule has 0 amide bonds. The van der Waals surface area contributed by atoms with Gasteiger partial charge in [0.05, 0.1) is 40.0 Å². The number of nitrogens with two attached hydrogens (primary N) is 1. The highest BCUT2D eigenvalue weighted by Gasteiger charge is 2.36. The quantitative estimate of drug-likeness (QED) is 0.416. The van der Waals surface area contributed by atoms with Crippen molar-refractivity contribution in [1.29, 1.82) is 0 Å². The molecular formula is C23H20F5N3O4. The van der Waals surface area contributed by atoms with Gasteiger partial charge in [-0.15, -0.1) is 0 Å². The van der Waals surface area contributed by atoms with Gasteiger partial charge in [-0.3, -0.25) is 4.79 Å². The van der Waals surface area contributed by atoms with E-state index in [1.165, 1.54) is 11.0 Å². The highest BCUT2D eigenvalue weighted by atomic mass is 19.4. The van der Waals surface area contributed by atoms with Gasteiger partial charge in [0.1, 0.15) is 11.3 Å². The normalized spacial score (nSPS) is 18.8. The summed E-state index contributed by atoms with van der Waals surface area (Å²) in [7, 11) is 0. The van der Waals surface area contributed by atoms with E-state index in [4.69, 9.17) is 10.5 Å². The average Bonchev–Trinajstić information content (AvgIpc) is 2.76. The van der Waals surface area contributed by atoms with E-state index >= 15 is 8.78 Å². The molecule has 0 aliphatic carbocycles. The lowest BCUT2D eigenvalue weighted by Gasteiger charge is -2.37. The van der Waals surface area contributed by atoms with Gasteiger partial charge in [-0.25, -0.2) is 13.6 Å². The summed E-state index contributed by atoms with van der Waals surface area (Å²) in [6.07, 6.45) is -5.18. The van der Waals surface area contributed by atoms with Crippen LogP contribution in [0.5, 0.6) is 0 Å². The molecule has 12 heteroatoms. The van der Waals surface area contributed by atoms with E-state index in [0.717, 1.165) is 18.2 Å². The van der Waals surface area contributed by atoms with Crippen LogP contribution in [-0.4, -0.2) is 40.9 Å². The predicted molar refractivity (Wildman–Crippen MR) is 118 cm³/mol. The van der Waals surface area contributed by atoms with Gasteiger partial charge in [-0.2, -0.15) is 13.2 Å². The number of pyridine rings is 1. The van der Waals surface area contributed by atoms with Crippen LogP contribution in [0.1, 0.15) is 29.8 Å². The van der Waals surface area contributed by atoms with Crippen LogP contribution in [0.4, 0.5) is 33.3 Å². The largest absolute Gasteiger partial charge is 0.477 e. The molecule has 1 aromatic heterocycles. The van der Waals surface area contributed by atoms with Crippen LogP contribution in [-0.2, 0) is 10.9 Å². The summed E-state index contributed by atoms with van der Waals surface area (Å²) in [6, 6.07) is 4.03. The minimum absolute atomic E-state index is 0.0414. The molecule has 2 heterocycles. The van der Waals surface area contributed by atoms with Crippen molar-refractivity contribution in [2.45, 2.75) is 32.2 Å². The van der Waals surface area contributed by atoms with Crippen molar-refractivity contribution < 1.29 is 36.6 Å². The van der Waals surface area contributed by atoms with Gasteiger partial charge in [0.15, 0.2) is 11.6 Å². The molecule has 2 aromatic carbocycles. The molecule has 35 heavy (non-hydrogen) atoms. The van der Waals surface area contributed by atoms with Crippen molar-refractivity contribution in [3.63, 3.8) is 0 Å². The number of carbonyl (C=O) groups is 1. The predicted octanol–water partition coefficient (Wildman–Crippen LogP) is 4.18. The maximum absolute atomic E-state index is 16.1. The highest BCUT2D eigenvalue weighted by molar-refractivity contribution is 6.00. The molecule has 2 unspecified atom stereocenters. The average molecular weight is 497 g/mol. The van der Waals surface area contributed by atoms with Crippen LogP contribution in [0.2, 0.25) is 0 Å². The second kappa shape index (κ2) is 8.52. The van der Waals surface area contributed by atoms with Crippen molar-refractivity contribution in [1.82, 2.24) is 4.57 Å². The van der Waals surface area contributed by atoms with Gasteiger partial charge in [0, 0.05) is 19.3 Å². The van der Waals surface area contributed by atoms with Gasteiger partial charge in [0.2, 0.25) is 5.43 Å². The van der Waals surface area contributed by atoms with Crippen LogP contribution in [0.3, 0.4) is 0 Å². The first-order valence-corrected chi connectivity index (χ1v) is 10.5. The summed E-state index contributed by atoms with van der Waals surface area (Å²) < 4.78 is 79.0. The lowest BCUT2D eigenvalue weighted by molar-refractivity contribution is -0.137. The van der Waals surface area contributed by atoms with Gasteiger partial charge >= 0.3 is 12.1 Å². The van der Waals surface area contributed by atoms with E-state index in [-0.39, 0.29) is 13.1 Å². The summed E-state index contributed by atoms with van der Waals surface area (Å²) >= 11 is 0. The summed E-state index contributed by atoms with van der Waals surface area (Å²) in [5.41, 5.74) is -0.600. The number of benzene rings is 2. The Morgan fingerprint density at radius 2 is 1.71 bits per heavy atom. The maximum atomic E-state index is 16.1. The molecule has 3 N–H and O–H groups in total. The zero-order valence-electron chi connectivity index (χ0n) is 18.5. The number of ether oxygens (including phenoxy) is 1. The first-order chi connectivity index (χ1) is 16.3. The molecule has 0 bridgehead atoms. The molecule has 1 fully saturated rings. The third kappa shape index (κ3) is 4.07. The minimum Gasteiger partial charge on any atom is -0.477 e. The Labute approximate surface area is 195 Å². The topological polar surface area (TPSA) is 97.8 Å². The lowest BCUT2D eigenvalue weighted by Crippen LogP contribution is -2.46. The SMILES string of the molecule is CC1CN(c2c(F)c(N)c3c(=O)c(C(=O)O)cn(-c4ccccc4C(F)(F)F)c3c2F)CC(C)O1. The smallest absolute Gasteiger partial charge is 0.418 e. The molecule has 0 radical (unpaired) electrons. The molecule has 1 saturated heterocycles. The number of anilines is 2. The Balaban J connectivity index is 2.18. The molecule has 4 rings (SSSR count). The fraction of sp³-hybridized carbons (Fsp3) is 0.304. The van der Waals surface area contributed by atoms with Crippen LogP contribution in [0.25, 0.3) is 16.6 Å². The number of hydrogen-bond acceptors (Lipinski definition) is 5. The van der Waals surface area contributed by atoms with E-state index < -0.39 is 80.5 Å². The molecule has 1 aliphatic heterocycles. The first-order valence-electron chi connectivity index (χ1n) is 10.5. The third-order valence-corrected chi connectivity index (χ3v) is 5.77. The van der Waals surface area contributed by atoms with Crippen molar-refractivity contribution in [3.05, 3.63) is 63.4 Å². The number of alkyl halides is 3. The van der Waals surface area contributed by atoms with Gasteiger partial charge in [-0.1, -0.05) is 12.1 Å². The van der Waals surface area contributed by atoms with E-state index in [1.54, 1.807) is 13.8 Å². The zero-order valence-corrected chi connectivity index (χ0v) is 18.5. The van der Waals surface area contributed by atoms with E-state index in [0.29, 0.717) is 10.8 Å². The molecule has 186 valence electrons. The summed E-state index contributed by atoms with van der Waals surface area (Å²) in [5.74, 6) is -4.46.